The van der Waals surface area contributed by atoms with Crippen molar-refractivity contribution in [2.24, 2.45) is 0 Å². The number of hydrogen-bond acceptors (Lipinski definition) is 3. The number of rotatable bonds is 3. The molecule has 0 fully saturated rings. The van der Waals surface area contributed by atoms with Crippen molar-refractivity contribution < 1.29 is 0 Å². The van der Waals surface area contributed by atoms with Crippen molar-refractivity contribution >= 4 is 33.2 Å². The average molecular weight is 347 g/mol. The van der Waals surface area contributed by atoms with E-state index in [9.17, 15) is 5.26 Å². The molecule has 5 heteroatoms. The summed E-state index contributed by atoms with van der Waals surface area (Å²) in [6.45, 7) is 0. The molecular weight excluding hydrogens is 338 g/mol. The molecule has 0 saturated carbocycles. The quantitative estimate of drug-likeness (QED) is 0.880. The molecule has 0 aromatic heterocycles. The molecule has 0 amide bonds. The molecule has 0 heterocycles. The Hall–Kier alpha value is -2.01. The normalized spacial score (nSPS) is 11.2. The van der Waals surface area contributed by atoms with E-state index in [1.54, 1.807) is 36.4 Å². The Balaban J connectivity index is 2.22. The number of nitrogens with zero attached hydrogens (tertiary/aromatic N) is 2. The van der Waals surface area contributed by atoms with Crippen LogP contribution in [-0.4, -0.2) is 0 Å². The fraction of sp³-hybridized carbons (Fsp3) is 0.0667. The second kappa shape index (κ2) is 6.43. The summed E-state index contributed by atoms with van der Waals surface area (Å²) in [7, 11) is 0. The van der Waals surface area contributed by atoms with E-state index in [-0.39, 0.29) is 0 Å². The van der Waals surface area contributed by atoms with Crippen LogP contribution in [0.15, 0.2) is 46.9 Å². The topological polar surface area (TPSA) is 59.6 Å². The van der Waals surface area contributed by atoms with E-state index in [0.717, 1.165) is 15.7 Å². The van der Waals surface area contributed by atoms with Gasteiger partial charge in [-0.2, -0.15) is 10.5 Å². The molecule has 0 aliphatic carbocycles. The van der Waals surface area contributed by atoms with E-state index in [2.05, 4.69) is 33.4 Å². The van der Waals surface area contributed by atoms with Crippen LogP contribution < -0.4 is 5.32 Å². The number of nitrogens with one attached hydrogen (secondary N) is 1. The van der Waals surface area contributed by atoms with E-state index in [1.807, 2.05) is 6.07 Å². The van der Waals surface area contributed by atoms with Gasteiger partial charge in [0.25, 0.3) is 0 Å². The van der Waals surface area contributed by atoms with Gasteiger partial charge in [-0.05, 0) is 51.8 Å². The Morgan fingerprint density at radius 2 is 1.80 bits per heavy atom. The minimum absolute atomic E-state index is 0.490. The van der Waals surface area contributed by atoms with Gasteiger partial charge >= 0.3 is 0 Å². The number of hydrogen-bond donors (Lipinski definition) is 1. The van der Waals surface area contributed by atoms with Crippen LogP contribution in [0.25, 0.3) is 0 Å². The van der Waals surface area contributed by atoms with Gasteiger partial charge in [-0.1, -0.05) is 23.7 Å². The summed E-state index contributed by atoms with van der Waals surface area (Å²) in [5, 5.41) is 21.8. The fourth-order valence-electron chi connectivity index (χ4n) is 1.69. The summed E-state index contributed by atoms with van der Waals surface area (Å²) in [5.41, 5.74) is 2.16. The van der Waals surface area contributed by atoms with Crippen LogP contribution in [0.2, 0.25) is 5.02 Å². The smallest absolute Gasteiger partial charge is 0.140 e. The molecule has 0 radical (unpaired) electrons. The largest absolute Gasteiger partial charge is 0.366 e. The standard InChI is InChI=1S/C15H9BrClN3/c16-13-7-12(5-6-14(13)17)20-15(9-19)11-3-1-10(8-18)2-4-11/h1-7,15,20H. The molecule has 3 nitrogen and oxygen atoms in total. The lowest BCUT2D eigenvalue weighted by Crippen LogP contribution is -2.08. The number of halogens is 2. The minimum atomic E-state index is -0.490. The first-order valence-electron chi connectivity index (χ1n) is 5.75. The van der Waals surface area contributed by atoms with Crippen molar-refractivity contribution in [2.45, 2.75) is 6.04 Å². The number of anilines is 1. The van der Waals surface area contributed by atoms with Crippen molar-refractivity contribution in [2.75, 3.05) is 5.32 Å². The molecule has 0 bridgehead atoms. The molecule has 0 aliphatic rings. The fourth-order valence-corrected chi connectivity index (χ4v) is 2.19. The van der Waals surface area contributed by atoms with Crippen LogP contribution in [0, 0.1) is 22.7 Å². The minimum Gasteiger partial charge on any atom is -0.366 e. The summed E-state index contributed by atoms with van der Waals surface area (Å²) in [6, 6.07) is 16.1. The monoisotopic (exact) mass is 345 g/mol. The van der Waals surface area contributed by atoms with Crippen LogP contribution >= 0.6 is 27.5 Å². The second-order valence-electron chi connectivity index (χ2n) is 4.07. The highest BCUT2D eigenvalue weighted by molar-refractivity contribution is 9.10. The highest BCUT2D eigenvalue weighted by Crippen LogP contribution is 2.27. The molecule has 0 spiro atoms. The van der Waals surface area contributed by atoms with Gasteiger partial charge in [-0.25, -0.2) is 0 Å². The maximum atomic E-state index is 9.28. The molecule has 1 atom stereocenters. The van der Waals surface area contributed by atoms with Crippen molar-refractivity contribution in [3.8, 4) is 12.1 Å². The van der Waals surface area contributed by atoms with Gasteiger partial charge in [0.05, 0.1) is 22.7 Å². The molecule has 2 aromatic carbocycles. The Bertz CT molecular complexity index is 699. The summed E-state index contributed by atoms with van der Waals surface area (Å²) in [4.78, 5) is 0. The SMILES string of the molecule is N#Cc1ccc(C(C#N)Nc2ccc(Cl)c(Br)c2)cc1. The lowest BCUT2D eigenvalue weighted by Gasteiger charge is -2.14. The molecule has 20 heavy (non-hydrogen) atoms. The molecule has 1 N–H and O–H groups in total. The van der Waals surface area contributed by atoms with E-state index in [0.29, 0.717) is 10.6 Å². The van der Waals surface area contributed by atoms with E-state index >= 15 is 0 Å². The van der Waals surface area contributed by atoms with Crippen LogP contribution in [0.5, 0.6) is 0 Å². The summed E-state index contributed by atoms with van der Waals surface area (Å²) < 4.78 is 0.765. The van der Waals surface area contributed by atoms with Gasteiger partial charge < -0.3 is 5.32 Å². The Morgan fingerprint density at radius 3 is 2.35 bits per heavy atom. The summed E-state index contributed by atoms with van der Waals surface area (Å²) in [6.07, 6.45) is 0. The lowest BCUT2D eigenvalue weighted by atomic mass is 10.1. The molecule has 2 rings (SSSR count). The molecule has 0 saturated heterocycles. The van der Waals surface area contributed by atoms with Gasteiger partial charge in [0.2, 0.25) is 0 Å². The molecule has 0 aliphatic heterocycles. The van der Waals surface area contributed by atoms with E-state index in [1.165, 1.54) is 0 Å². The average Bonchev–Trinajstić information content (AvgIpc) is 2.48. The Morgan fingerprint density at radius 1 is 1.10 bits per heavy atom. The second-order valence-corrected chi connectivity index (χ2v) is 5.33. The highest BCUT2D eigenvalue weighted by atomic mass is 79.9. The van der Waals surface area contributed by atoms with Crippen molar-refractivity contribution in [1.82, 2.24) is 0 Å². The predicted molar refractivity (Wildman–Crippen MR) is 82.3 cm³/mol. The summed E-state index contributed by atoms with van der Waals surface area (Å²) >= 11 is 9.27. The van der Waals surface area contributed by atoms with Crippen LogP contribution in [0.3, 0.4) is 0 Å². The van der Waals surface area contributed by atoms with Crippen LogP contribution in [0.1, 0.15) is 17.2 Å². The Kier molecular flexibility index (Phi) is 4.63. The summed E-state index contributed by atoms with van der Waals surface area (Å²) in [5.74, 6) is 0. The van der Waals surface area contributed by atoms with E-state index in [4.69, 9.17) is 16.9 Å². The zero-order valence-electron chi connectivity index (χ0n) is 10.3. The molecule has 98 valence electrons. The number of benzene rings is 2. The Labute approximate surface area is 130 Å². The van der Waals surface area contributed by atoms with Crippen LogP contribution in [0.4, 0.5) is 5.69 Å². The highest BCUT2D eigenvalue weighted by Gasteiger charge is 2.11. The van der Waals surface area contributed by atoms with Crippen molar-refractivity contribution in [1.29, 1.82) is 10.5 Å². The first kappa shape index (κ1) is 14.4. The van der Waals surface area contributed by atoms with Crippen LogP contribution in [-0.2, 0) is 0 Å². The zero-order valence-corrected chi connectivity index (χ0v) is 12.6. The van der Waals surface area contributed by atoms with E-state index < -0.39 is 6.04 Å². The van der Waals surface area contributed by atoms with Crippen molar-refractivity contribution in [3.05, 3.63) is 63.1 Å². The maximum Gasteiger partial charge on any atom is 0.140 e. The number of nitriles is 2. The third-order valence-corrected chi connectivity index (χ3v) is 3.95. The van der Waals surface area contributed by atoms with Gasteiger partial charge in [0, 0.05) is 10.2 Å². The predicted octanol–water partition coefficient (Wildman–Crippen LogP) is 4.65. The van der Waals surface area contributed by atoms with Gasteiger partial charge in [-0.15, -0.1) is 0 Å². The molecule has 2 aromatic rings. The van der Waals surface area contributed by atoms with Gasteiger partial charge in [0.15, 0.2) is 0 Å². The van der Waals surface area contributed by atoms with Crippen molar-refractivity contribution in [3.63, 3.8) is 0 Å². The zero-order chi connectivity index (χ0) is 14.5. The third-order valence-electron chi connectivity index (χ3n) is 2.73. The first-order valence-corrected chi connectivity index (χ1v) is 6.92. The molecule has 1 unspecified atom stereocenters. The lowest BCUT2D eigenvalue weighted by molar-refractivity contribution is 0.997. The maximum absolute atomic E-state index is 9.28. The van der Waals surface area contributed by atoms with Gasteiger partial charge in [0.1, 0.15) is 6.04 Å². The third kappa shape index (κ3) is 3.30. The first-order chi connectivity index (χ1) is 9.63. The molecular formula is C15H9BrClN3. The van der Waals surface area contributed by atoms with Gasteiger partial charge in [-0.3, -0.25) is 0 Å².